The molecular weight excluding hydrogens is 198 g/mol. The molecule has 16 heavy (non-hydrogen) atoms. The van der Waals surface area contributed by atoms with Gasteiger partial charge in [-0.25, -0.2) is 0 Å². The average molecular weight is 229 g/mol. The molecular formula is C14H31NO. The van der Waals surface area contributed by atoms with E-state index in [1.165, 1.54) is 51.4 Å². The second-order valence-electron chi connectivity index (χ2n) is 4.56. The van der Waals surface area contributed by atoms with Crippen LogP contribution in [0.1, 0.15) is 71.6 Å². The topological polar surface area (TPSA) is 35.2 Å². The molecule has 0 heterocycles. The van der Waals surface area contributed by atoms with Crippen LogP contribution >= 0.6 is 0 Å². The summed E-state index contributed by atoms with van der Waals surface area (Å²) in [4.78, 5) is 0. The van der Waals surface area contributed by atoms with Crippen LogP contribution in [0.25, 0.3) is 0 Å². The van der Waals surface area contributed by atoms with Crippen LogP contribution in [0.5, 0.6) is 0 Å². The van der Waals surface area contributed by atoms with Crippen molar-refractivity contribution < 1.29 is 4.74 Å². The summed E-state index contributed by atoms with van der Waals surface area (Å²) < 4.78 is 5.65. The van der Waals surface area contributed by atoms with E-state index in [9.17, 15) is 0 Å². The first-order valence-electron chi connectivity index (χ1n) is 7.16. The zero-order valence-electron chi connectivity index (χ0n) is 11.3. The van der Waals surface area contributed by atoms with Crippen molar-refractivity contribution >= 4 is 0 Å². The molecule has 0 aromatic rings. The molecule has 2 heteroatoms. The molecule has 0 spiro atoms. The fraction of sp³-hybridized carbons (Fsp3) is 1.00. The van der Waals surface area contributed by atoms with Crippen LogP contribution in [0.2, 0.25) is 0 Å². The third-order valence-corrected chi connectivity index (χ3v) is 3.02. The van der Waals surface area contributed by atoms with Gasteiger partial charge in [-0.15, -0.1) is 0 Å². The van der Waals surface area contributed by atoms with Gasteiger partial charge < -0.3 is 10.5 Å². The molecule has 0 bridgehead atoms. The SMILES string of the molecule is CCCCCCCCCC(CCN)OCC. The molecule has 0 rings (SSSR count). The first kappa shape index (κ1) is 15.9. The molecule has 98 valence electrons. The first-order chi connectivity index (χ1) is 7.85. The third-order valence-electron chi connectivity index (χ3n) is 3.02. The van der Waals surface area contributed by atoms with E-state index in [1.54, 1.807) is 0 Å². The van der Waals surface area contributed by atoms with Gasteiger partial charge in [0.2, 0.25) is 0 Å². The minimum absolute atomic E-state index is 0.408. The van der Waals surface area contributed by atoms with Crippen LogP contribution in [0.3, 0.4) is 0 Å². The molecule has 0 radical (unpaired) electrons. The van der Waals surface area contributed by atoms with Crippen LogP contribution < -0.4 is 5.73 Å². The van der Waals surface area contributed by atoms with Crippen molar-refractivity contribution in [1.29, 1.82) is 0 Å². The molecule has 0 aliphatic carbocycles. The molecule has 0 aromatic heterocycles. The predicted molar refractivity (Wildman–Crippen MR) is 71.7 cm³/mol. The van der Waals surface area contributed by atoms with Crippen LogP contribution in [0, 0.1) is 0 Å². The van der Waals surface area contributed by atoms with Crippen LogP contribution in [-0.4, -0.2) is 19.3 Å². The Morgan fingerprint density at radius 2 is 1.50 bits per heavy atom. The van der Waals surface area contributed by atoms with Gasteiger partial charge in [-0.3, -0.25) is 0 Å². The Morgan fingerprint density at radius 3 is 2.06 bits per heavy atom. The highest BCUT2D eigenvalue weighted by atomic mass is 16.5. The summed E-state index contributed by atoms with van der Waals surface area (Å²) in [5, 5.41) is 0. The van der Waals surface area contributed by atoms with E-state index in [-0.39, 0.29) is 0 Å². The first-order valence-corrected chi connectivity index (χ1v) is 7.16. The Morgan fingerprint density at radius 1 is 0.875 bits per heavy atom. The Bertz CT molecular complexity index is 122. The average Bonchev–Trinajstić information content (AvgIpc) is 2.28. The smallest absolute Gasteiger partial charge is 0.0587 e. The number of unbranched alkanes of at least 4 members (excludes halogenated alkanes) is 6. The number of nitrogens with two attached hydrogens (primary N) is 1. The Kier molecular flexibility index (Phi) is 12.9. The lowest BCUT2D eigenvalue weighted by Gasteiger charge is -2.15. The van der Waals surface area contributed by atoms with Gasteiger partial charge in [0.25, 0.3) is 0 Å². The molecule has 1 atom stereocenters. The third kappa shape index (κ3) is 10.4. The van der Waals surface area contributed by atoms with Gasteiger partial charge in [0.15, 0.2) is 0 Å². The minimum Gasteiger partial charge on any atom is -0.378 e. The molecule has 0 amide bonds. The van der Waals surface area contributed by atoms with Gasteiger partial charge in [0, 0.05) is 6.61 Å². The lowest BCUT2D eigenvalue weighted by Crippen LogP contribution is -2.17. The number of hydrogen-bond acceptors (Lipinski definition) is 2. The summed E-state index contributed by atoms with van der Waals surface area (Å²) in [6, 6.07) is 0. The summed E-state index contributed by atoms with van der Waals surface area (Å²) >= 11 is 0. The lowest BCUT2D eigenvalue weighted by atomic mass is 10.0. The molecule has 2 N–H and O–H groups in total. The van der Waals surface area contributed by atoms with E-state index in [1.807, 2.05) is 0 Å². The summed E-state index contributed by atoms with van der Waals surface area (Å²) in [7, 11) is 0. The van der Waals surface area contributed by atoms with E-state index in [0.717, 1.165) is 19.6 Å². The van der Waals surface area contributed by atoms with Gasteiger partial charge in [0.05, 0.1) is 6.10 Å². The second-order valence-corrected chi connectivity index (χ2v) is 4.56. The molecule has 0 aliphatic heterocycles. The van der Waals surface area contributed by atoms with Gasteiger partial charge in [-0.1, -0.05) is 51.9 Å². The van der Waals surface area contributed by atoms with Gasteiger partial charge in [0.1, 0.15) is 0 Å². The maximum absolute atomic E-state index is 5.65. The second kappa shape index (κ2) is 13.0. The maximum Gasteiger partial charge on any atom is 0.0587 e. The van der Waals surface area contributed by atoms with Crippen molar-refractivity contribution in [3.05, 3.63) is 0 Å². The van der Waals surface area contributed by atoms with E-state index in [4.69, 9.17) is 10.5 Å². The summed E-state index contributed by atoms with van der Waals surface area (Å²) in [5.41, 5.74) is 5.56. The number of ether oxygens (including phenoxy) is 1. The Hall–Kier alpha value is -0.0800. The van der Waals surface area contributed by atoms with Gasteiger partial charge in [-0.2, -0.15) is 0 Å². The highest BCUT2D eigenvalue weighted by Gasteiger charge is 2.06. The molecule has 0 aliphatic rings. The largest absolute Gasteiger partial charge is 0.378 e. The van der Waals surface area contributed by atoms with Crippen molar-refractivity contribution in [2.24, 2.45) is 5.73 Å². The summed E-state index contributed by atoms with van der Waals surface area (Å²) in [6.45, 7) is 5.90. The van der Waals surface area contributed by atoms with Crippen LogP contribution in [0.4, 0.5) is 0 Å². The number of rotatable bonds is 12. The Labute approximate surface area is 102 Å². The summed E-state index contributed by atoms with van der Waals surface area (Å²) in [6.07, 6.45) is 12.2. The van der Waals surface area contributed by atoms with Crippen molar-refractivity contribution in [3.63, 3.8) is 0 Å². The monoisotopic (exact) mass is 229 g/mol. The minimum atomic E-state index is 0.408. The zero-order valence-corrected chi connectivity index (χ0v) is 11.3. The fourth-order valence-electron chi connectivity index (χ4n) is 2.06. The molecule has 0 aromatic carbocycles. The lowest BCUT2D eigenvalue weighted by molar-refractivity contribution is 0.0506. The quantitative estimate of drug-likeness (QED) is 0.515. The maximum atomic E-state index is 5.65. The van der Waals surface area contributed by atoms with E-state index < -0.39 is 0 Å². The van der Waals surface area contributed by atoms with Gasteiger partial charge >= 0.3 is 0 Å². The Balaban J connectivity index is 3.25. The summed E-state index contributed by atoms with van der Waals surface area (Å²) in [5.74, 6) is 0. The van der Waals surface area contributed by atoms with E-state index >= 15 is 0 Å². The van der Waals surface area contributed by atoms with Crippen LogP contribution in [-0.2, 0) is 4.74 Å². The van der Waals surface area contributed by atoms with Crippen molar-refractivity contribution in [1.82, 2.24) is 0 Å². The van der Waals surface area contributed by atoms with E-state index in [2.05, 4.69) is 13.8 Å². The molecule has 0 fully saturated rings. The van der Waals surface area contributed by atoms with Crippen molar-refractivity contribution in [3.8, 4) is 0 Å². The fourth-order valence-corrected chi connectivity index (χ4v) is 2.06. The van der Waals surface area contributed by atoms with Gasteiger partial charge in [-0.05, 0) is 26.3 Å². The standard InChI is InChI=1S/C14H31NO/c1-3-5-6-7-8-9-10-11-14(12-13-15)16-4-2/h14H,3-13,15H2,1-2H3. The predicted octanol–water partition coefficient (Wildman–Crippen LogP) is 3.88. The normalized spacial score (nSPS) is 12.9. The van der Waals surface area contributed by atoms with Crippen LogP contribution in [0.15, 0.2) is 0 Å². The molecule has 0 saturated heterocycles. The van der Waals surface area contributed by atoms with Crippen molar-refractivity contribution in [2.45, 2.75) is 77.7 Å². The zero-order chi connectivity index (χ0) is 12.1. The molecule has 0 saturated carbocycles. The highest BCUT2D eigenvalue weighted by Crippen LogP contribution is 2.12. The molecule has 2 nitrogen and oxygen atoms in total. The molecule has 1 unspecified atom stereocenters. The highest BCUT2D eigenvalue weighted by molar-refractivity contribution is 4.59. The van der Waals surface area contributed by atoms with Crippen molar-refractivity contribution in [2.75, 3.05) is 13.2 Å². The van der Waals surface area contributed by atoms with E-state index in [0.29, 0.717) is 6.10 Å². The number of hydrogen-bond donors (Lipinski definition) is 1.